The lowest BCUT2D eigenvalue weighted by Crippen LogP contribution is -2.58. The van der Waals surface area contributed by atoms with Crippen molar-refractivity contribution in [1.82, 2.24) is 9.88 Å². The highest BCUT2D eigenvalue weighted by atomic mass is 19.3. The molecule has 3 rings (SSSR count). The number of carbonyl (C=O) groups is 1. The summed E-state index contributed by atoms with van der Waals surface area (Å²) in [5.41, 5.74) is 0.903. The zero-order chi connectivity index (χ0) is 12.8. The molecule has 1 saturated heterocycles. The van der Waals surface area contributed by atoms with E-state index in [-0.39, 0.29) is 5.69 Å². The fourth-order valence-electron chi connectivity index (χ4n) is 2.00. The number of para-hydroxylation sites is 1. The van der Waals surface area contributed by atoms with Gasteiger partial charge in [0.2, 0.25) is 0 Å². The standard InChI is InChI=1S/C13H10F2N2O/c14-13(15)7-17(8-13)12(18)11-6-5-9-3-1-2-4-10(9)16-11/h1-6H,7-8H2. The second-order valence-electron chi connectivity index (χ2n) is 4.41. The summed E-state index contributed by atoms with van der Waals surface area (Å²) in [6.07, 6.45) is 0. The smallest absolute Gasteiger partial charge is 0.282 e. The summed E-state index contributed by atoms with van der Waals surface area (Å²) < 4.78 is 25.4. The molecule has 1 aromatic carbocycles. The van der Waals surface area contributed by atoms with E-state index in [9.17, 15) is 13.6 Å². The fraction of sp³-hybridized carbons (Fsp3) is 0.231. The maximum Gasteiger partial charge on any atom is 0.282 e. The third-order valence-corrected chi connectivity index (χ3v) is 2.95. The molecule has 0 aliphatic carbocycles. The Bertz CT molecular complexity index is 619. The Kier molecular flexibility index (Phi) is 2.29. The molecule has 5 heteroatoms. The number of hydrogen-bond acceptors (Lipinski definition) is 2. The first-order valence-electron chi connectivity index (χ1n) is 5.58. The molecule has 1 amide bonds. The molecule has 18 heavy (non-hydrogen) atoms. The summed E-state index contributed by atoms with van der Waals surface area (Å²) in [6.45, 7) is -1.03. The number of fused-ring (bicyclic) bond motifs is 1. The predicted octanol–water partition coefficient (Wildman–Crippen LogP) is 2.33. The number of hydrogen-bond donors (Lipinski definition) is 0. The minimum absolute atomic E-state index is 0.212. The molecule has 0 bridgehead atoms. The topological polar surface area (TPSA) is 33.2 Å². The van der Waals surface area contributed by atoms with Gasteiger partial charge >= 0.3 is 0 Å². The molecule has 1 aromatic heterocycles. The van der Waals surface area contributed by atoms with Gasteiger partial charge in [0.25, 0.3) is 11.8 Å². The number of benzene rings is 1. The molecule has 3 nitrogen and oxygen atoms in total. The molecule has 2 heterocycles. The number of carbonyl (C=O) groups excluding carboxylic acids is 1. The summed E-state index contributed by atoms with van der Waals surface area (Å²) in [6, 6.07) is 10.7. The van der Waals surface area contributed by atoms with Gasteiger partial charge in [-0.3, -0.25) is 4.79 Å². The Morgan fingerprint density at radius 2 is 1.89 bits per heavy atom. The average Bonchev–Trinajstić information content (AvgIpc) is 2.34. The maximum atomic E-state index is 12.7. The van der Waals surface area contributed by atoms with Crippen molar-refractivity contribution in [2.75, 3.05) is 13.1 Å². The van der Waals surface area contributed by atoms with Gasteiger partial charge in [-0.25, -0.2) is 13.8 Å². The quantitative estimate of drug-likeness (QED) is 0.776. The molecular formula is C13H10F2N2O. The zero-order valence-electron chi connectivity index (χ0n) is 9.44. The van der Waals surface area contributed by atoms with Crippen molar-refractivity contribution in [2.45, 2.75) is 5.92 Å². The Morgan fingerprint density at radius 1 is 1.17 bits per heavy atom. The van der Waals surface area contributed by atoms with Crippen LogP contribution in [0.2, 0.25) is 0 Å². The SMILES string of the molecule is O=C(c1ccc2ccccc2n1)N1CC(F)(F)C1. The first-order valence-corrected chi connectivity index (χ1v) is 5.58. The van der Waals surface area contributed by atoms with Gasteiger partial charge in [-0.1, -0.05) is 24.3 Å². The van der Waals surface area contributed by atoms with Gasteiger partial charge in [0.15, 0.2) is 0 Å². The van der Waals surface area contributed by atoms with Crippen LogP contribution in [0.1, 0.15) is 10.5 Å². The van der Waals surface area contributed by atoms with Gasteiger partial charge in [0.05, 0.1) is 18.6 Å². The minimum atomic E-state index is -2.74. The molecule has 92 valence electrons. The molecule has 2 aromatic rings. The Hall–Kier alpha value is -2.04. The van der Waals surface area contributed by atoms with Crippen molar-refractivity contribution in [2.24, 2.45) is 0 Å². The number of halogens is 2. The Morgan fingerprint density at radius 3 is 2.61 bits per heavy atom. The van der Waals surface area contributed by atoms with E-state index in [0.29, 0.717) is 5.52 Å². The van der Waals surface area contributed by atoms with Crippen LogP contribution in [0.25, 0.3) is 10.9 Å². The van der Waals surface area contributed by atoms with Crippen LogP contribution < -0.4 is 0 Å². The van der Waals surface area contributed by atoms with Crippen LogP contribution in [0, 0.1) is 0 Å². The van der Waals surface area contributed by atoms with Gasteiger partial charge < -0.3 is 4.90 Å². The molecule has 1 aliphatic heterocycles. The van der Waals surface area contributed by atoms with Crippen LogP contribution in [0.15, 0.2) is 36.4 Å². The molecule has 1 fully saturated rings. The summed E-state index contributed by atoms with van der Waals surface area (Å²) in [7, 11) is 0. The van der Waals surface area contributed by atoms with E-state index in [1.807, 2.05) is 18.2 Å². The van der Waals surface area contributed by atoms with Gasteiger partial charge in [0.1, 0.15) is 5.69 Å². The highest BCUT2D eigenvalue weighted by Crippen LogP contribution is 2.27. The summed E-state index contributed by atoms with van der Waals surface area (Å²) in [4.78, 5) is 17.2. The third kappa shape index (κ3) is 1.81. The van der Waals surface area contributed by atoms with Crippen molar-refractivity contribution in [3.8, 4) is 0 Å². The fourth-order valence-corrected chi connectivity index (χ4v) is 2.00. The number of likely N-dealkylation sites (tertiary alicyclic amines) is 1. The Labute approximate surface area is 102 Å². The largest absolute Gasteiger partial charge is 0.325 e. The number of aromatic nitrogens is 1. The van der Waals surface area contributed by atoms with E-state index in [0.717, 1.165) is 10.3 Å². The summed E-state index contributed by atoms with van der Waals surface area (Å²) in [5, 5.41) is 0.919. The third-order valence-electron chi connectivity index (χ3n) is 2.95. The zero-order valence-corrected chi connectivity index (χ0v) is 9.44. The van der Waals surface area contributed by atoms with E-state index in [1.165, 1.54) is 0 Å². The second kappa shape index (κ2) is 3.73. The van der Waals surface area contributed by atoms with Crippen LogP contribution in [-0.2, 0) is 0 Å². The monoisotopic (exact) mass is 248 g/mol. The van der Waals surface area contributed by atoms with Crippen LogP contribution in [-0.4, -0.2) is 34.8 Å². The van der Waals surface area contributed by atoms with Gasteiger partial charge in [-0.2, -0.15) is 0 Å². The summed E-state index contributed by atoms with van der Waals surface area (Å²) >= 11 is 0. The van der Waals surface area contributed by atoms with E-state index in [1.54, 1.807) is 18.2 Å². The first kappa shape index (κ1) is 11.1. The van der Waals surface area contributed by atoms with Crippen molar-refractivity contribution in [3.63, 3.8) is 0 Å². The Balaban J connectivity index is 1.88. The molecule has 0 radical (unpaired) electrons. The summed E-state index contributed by atoms with van der Waals surface area (Å²) in [5.74, 6) is -3.18. The maximum absolute atomic E-state index is 12.7. The minimum Gasteiger partial charge on any atom is -0.325 e. The first-order chi connectivity index (χ1) is 8.55. The van der Waals surface area contributed by atoms with E-state index in [4.69, 9.17) is 0 Å². The molecule has 0 N–H and O–H groups in total. The normalized spacial score (nSPS) is 17.6. The molecule has 0 saturated carbocycles. The van der Waals surface area contributed by atoms with Crippen molar-refractivity contribution in [1.29, 1.82) is 0 Å². The van der Waals surface area contributed by atoms with E-state index >= 15 is 0 Å². The lowest BCUT2D eigenvalue weighted by molar-refractivity contribution is -0.113. The van der Waals surface area contributed by atoms with E-state index < -0.39 is 24.9 Å². The lowest BCUT2D eigenvalue weighted by Gasteiger charge is -2.38. The lowest BCUT2D eigenvalue weighted by atomic mass is 10.1. The van der Waals surface area contributed by atoms with E-state index in [2.05, 4.69) is 4.98 Å². The number of pyridine rings is 1. The van der Waals surface area contributed by atoms with Crippen molar-refractivity contribution >= 4 is 16.8 Å². The number of amides is 1. The highest BCUT2D eigenvalue weighted by molar-refractivity contribution is 5.95. The van der Waals surface area contributed by atoms with Gasteiger partial charge in [-0.15, -0.1) is 0 Å². The van der Waals surface area contributed by atoms with Crippen LogP contribution >= 0.6 is 0 Å². The van der Waals surface area contributed by atoms with Crippen LogP contribution in [0.5, 0.6) is 0 Å². The molecule has 1 aliphatic rings. The molecule has 0 atom stereocenters. The van der Waals surface area contributed by atoms with Crippen molar-refractivity contribution in [3.05, 3.63) is 42.1 Å². The van der Waals surface area contributed by atoms with Crippen LogP contribution in [0.4, 0.5) is 8.78 Å². The highest BCUT2D eigenvalue weighted by Gasteiger charge is 2.46. The number of rotatable bonds is 1. The van der Waals surface area contributed by atoms with Gasteiger partial charge in [0, 0.05) is 5.39 Å². The van der Waals surface area contributed by atoms with Crippen LogP contribution in [0.3, 0.4) is 0 Å². The number of nitrogens with zero attached hydrogens (tertiary/aromatic N) is 2. The molecular weight excluding hydrogens is 238 g/mol. The second-order valence-corrected chi connectivity index (χ2v) is 4.41. The molecule has 0 spiro atoms. The number of alkyl halides is 2. The average molecular weight is 248 g/mol. The van der Waals surface area contributed by atoms with Gasteiger partial charge in [-0.05, 0) is 12.1 Å². The predicted molar refractivity (Wildman–Crippen MR) is 62.6 cm³/mol. The van der Waals surface area contributed by atoms with Crippen molar-refractivity contribution < 1.29 is 13.6 Å². The molecule has 0 unspecified atom stereocenters.